The average molecular weight is 805 g/mol. The number of hydrogen-bond acceptors (Lipinski definition) is 3. The predicted molar refractivity (Wildman–Crippen MR) is 259 cm³/mol. The molecule has 0 aliphatic rings. The van der Waals surface area contributed by atoms with Gasteiger partial charge in [-0.05, 0) is 84.9 Å². The summed E-state index contributed by atoms with van der Waals surface area (Å²) in [5.74, 6) is 1.81. The Labute approximate surface area is 362 Å². The van der Waals surface area contributed by atoms with E-state index in [0.717, 1.165) is 83.0 Å². The highest BCUT2D eigenvalue weighted by atomic mass is 15.1. The van der Waals surface area contributed by atoms with Crippen LogP contribution in [0.3, 0.4) is 0 Å². The highest BCUT2D eigenvalue weighted by Crippen LogP contribution is 2.41. The molecule has 63 heavy (non-hydrogen) atoms. The smallest absolute Gasteiger partial charge is 0.166 e. The first-order valence-electron chi connectivity index (χ1n) is 21.3. The van der Waals surface area contributed by atoms with E-state index in [2.05, 4.69) is 232 Å². The minimum atomic E-state index is 0.603. The van der Waals surface area contributed by atoms with Crippen molar-refractivity contribution in [1.82, 2.24) is 28.7 Å². The van der Waals surface area contributed by atoms with Crippen molar-refractivity contribution >= 4 is 65.4 Å². The third kappa shape index (κ3) is 5.41. The molecule has 0 saturated heterocycles. The first kappa shape index (κ1) is 35.2. The summed E-state index contributed by atoms with van der Waals surface area (Å²) in [5, 5.41) is 6.92. The van der Waals surface area contributed by atoms with Crippen molar-refractivity contribution in [2.75, 3.05) is 0 Å². The third-order valence-electron chi connectivity index (χ3n) is 12.5. The minimum absolute atomic E-state index is 0.603. The summed E-state index contributed by atoms with van der Waals surface area (Å²) < 4.78 is 7.04. The molecule has 0 unspecified atom stereocenters. The normalized spacial score (nSPS) is 11.8. The Morgan fingerprint density at radius 3 is 1.11 bits per heavy atom. The van der Waals surface area contributed by atoms with Crippen molar-refractivity contribution < 1.29 is 0 Å². The molecule has 6 nitrogen and oxygen atoms in total. The van der Waals surface area contributed by atoms with Gasteiger partial charge in [-0.15, -0.1) is 0 Å². The van der Waals surface area contributed by atoms with Crippen LogP contribution in [0.5, 0.6) is 0 Å². The van der Waals surface area contributed by atoms with E-state index in [0.29, 0.717) is 17.5 Å². The van der Waals surface area contributed by atoms with Crippen LogP contribution < -0.4 is 0 Å². The summed E-state index contributed by atoms with van der Waals surface area (Å²) in [6.45, 7) is 0. The van der Waals surface area contributed by atoms with Crippen molar-refractivity contribution in [2.45, 2.75) is 0 Å². The van der Waals surface area contributed by atoms with Gasteiger partial charge in [0.25, 0.3) is 0 Å². The first-order valence-corrected chi connectivity index (χ1v) is 21.3. The maximum atomic E-state index is 5.51. The van der Waals surface area contributed by atoms with Crippen LogP contribution in [-0.2, 0) is 0 Å². The van der Waals surface area contributed by atoms with E-state index in [1.165, 1.54) is 16.2 Å². The van der Waals surface area contributed by atoms with Gasteiger partial charge in [-0.25, -0.2) is 15.0 Å². The fraction of sp³-hybridized carbons (Fsp3) is 0. The highest BCUT2D eigenvalue weighted by molar-refractivity contribution is 6.15. The summed E-state index contributed by atoms with van der Waals surface area (Å²) >= 11 is 0. The van der Waals surface area contributed by atoms with Crippen LogP contribution in [-0.4, -0.2) is 28.7 Å². The van der Waals surface area contributed by atoms with Crippen molar-refractivity contribution in [2.24, 2.45) is 0 Å². The summed E-state index contributed by atoms with van der Waals surface area (Å²) in [4.78, 5) is 16.4. The number of fused-ring (bicyclic) bond motifs is 9. The molecule has 6 heteroatoms. The number of nitrogens with zero attached hydrogens (tertiary/aromatic N) is 6. The van der Waals surface area contributed by atoms with E-state index in [-0.39, 0.29) is 0 Å². The number of benzene rings is 9. The fourth-order valence-electron chi connectivity index (χ4n) is 9.80. The van der Waals surface area contributed by atoms with Gasteiger partial charge in [-0.3, -0.25) is 0 Å². The Bertz CT molecular complexity index is 3720. The lowest BCUT2D eigenvalue weighted by Gasteiger charge is -2.14. The van der Waals surface area contributed by atoms with Crippen molar-refractivity contribution in [3.05, 3.63) is 218 Å². The molecule has 13 aromatic rings. The van der Waals surface area contributed by atoms with E-state index >= 15 is 0 Å². The summed E-state index contributed by atoms with van der Waals surface area (Å²) in [5.41, 5.74) is 12.6. The van der Waals surface area contributed by atoms with Gasteiger partial charge < -0.3 is 13.7 Å². The molecule has 13 rings (SSSR count). The van der Waals surface area contributed by atoms with Gasteiger partial charge >= 0.3 is 0 Å². The molecule has 0 bridgehead atoms. The molecule has 294 valence electrons. The highest BCUT2D eigenvalue weighted by Gasteiger charge is 2.23. The van der Waals surface area contributed by atoms with Crippen LogP contribution in [0.4, 0.5) is 0 Å². The van der Waals surface area contributed by atoms with E-state index in [1.807, 2.05) is 0 Å². The lowest BCUT2D eigenvalue weighted by Crippen LogP contribution is -2.03. The number of hydrogen-bond donors (Lipinski definition) is 0. The minimum Gasteiger partial charge on any atom is -0.309 e. The molecule has 0 aliphatic carbocycles. The molecule has 0 spiro atoms. The zero-order valence-corrected chi connectivity index (χ0v) is 34.0. The van der Waals surface area contributed by atoms with Crippen molar-refractivity contribution in [3.8, 4) is 51.2 Å². The molecule has 0 N–H and O–H groups in total. The molecule has 4 heterocycles. The first-order chi connectivity index (χ1) is 31.3. The average Bonchev–Trinajstić information content (AvgIpc) is 4.00. The molecule has 0 amide bonds. The second-order valence-corrected chi connectivity index (χ2v) is 16.0. The maximum Gasteiger partial charge on any atom is 0.166 e. The van der Waals surface area contributed by atoms with Gasteiger partial charge in [0.05, 0.1) is 33.1 Å². The van der Waals surface area contributed by atoms with Crippen LogP contribution in [0.1, 0.15) is 0 Å². The zero-order chi connectivity index (χ0) is 41.4. The van der Waals surface area contributed by atoms with Crippen molar-refractivity contribution in [3.63, 3.8) is 0 Å². The Kier molecular flexibility index (Phi) is 7.80. The Morgan fingerprint density at radius 1 is 0.254 bits per heavy atom. The maximum absolute atomic E-state index is 5.51. The van der Waals surface area contributed by atoms with E-state index < -0.39 is 0 Å². The Morgan fingerprint density at radius 2 is 0.619 bits per heavy atom. The standard InChI is InChI=1S/C57H36N6/c1-4-18-38(19-5-1)61-49-31-13-12-26-43(49)48-36-37(34-35-52(48)61)55-58-56(46-29-16-27-44-41-24-10-14-32-50(41)62(53(44)46)39-20-6-2-7-21-39)60-57(59-55)47-30-17-28-45-42-25-11-15-33-51(42)63(54(45)47)40-22-8-3-9-23-40/h1-36H. The van der Waals surface area contributed by atoms with Gasteiger partial charge in [0.2, 0.25) is 0 Å². The monoisotopic (exact) mass is 804 g/mol. The number of rotatable bonds is 6. The van der Waals surface area contributed by atoms with Gasteiger partial charge in [0.15, 0.2) is 17.5 Å². The summed E-state index contributed by atoms with van der Waals surface area (Å²) in [6.07, 6.45) is 0. The van der Waals surface area contributed by atoms with Crippen molar-refractivity contribution in [1.29, 1.82) is 0 Å². The fourth-order valence-corrected chi connectivity index (χ4v) is 9.80. The van der Waals surface area contributed by atoms with Gasteiger partial charge in [-0.1, -0.05) is 133 Å². The Balaban J connectivity index is 1.13. The third-order valence-corrected chi connectivity index (χ3v) is 12.5. The van der Waals surface area contributed by atoms with Crippen LogP contribution in [0, 0.1) is 0 Å². The van der Waals surface area contributed by atoms with Gasteiger partial charge in [-0.2, -0.15) is 0 Å². The molecular formula is C57H36N6. The lowest BCUT2D eigenvalue weighted by molar-refractivity contribution is 1.07. The van der Waals surface area contributed by atoms with Crippen LogP contribution in [0.15, 0.2) is 218 Å². The molecule has 0 saturated carbocycles. The molecule has 4 aromatic heterocycles. The number of para-hydroxylation sites is 8. The molecule has 0 atom stereocenters. The van der Waals surface area contributed by atoms with Crippen LogP contribution >= 0.6 is 0 Å². The molecule has 9 aromatic carbocycles. The van der Waals surface area contributed by atoms with Gasteiger partial charge in [0, 0.05) is 66.1 Å². The second kappa shape index (κ2) is 14.0. The second-order valence-electron chi connectivity index (χ2n) is 16.0. The lowest BCUT2D eigenvalue weighted by atomic mass is 10.1. The molecule has 0 radical (unpaired) electrons. The quantitative estimate of drug-likeness (QED) is 0.168. The topological polar surface area (TPSA) is 53.5 Å². The summed E-state index contributed by atoms with van der Waals surface area (Å²) in [6, 6.07) is 77.2. The number of aromatic nitrogens is 6. The molecular weight excluding hydrogens is 769 g/mol. The molecule has 0 fully saturated rings. The van der Waals surface area contributed by atoms with Gasteiger partial charge in [0.1, 0.15) is 0 Å². The predicted octanol–water partition coefficient (Wildman–Crippen LogP) is 14.2. The summed E-state index contributed by atoms with van der Waals surface area (Å²) in [7, 11) is 0. The Hall–Kier alpha value is -8.61. The van der Waals surface area contributed by atoms with Crippen LogP contribution in [0.25, 0.3) is 117 Å². The van der Waals surface area contributed by atoms with Crippen LogP contribution in [0.2, 0.25) is 0 Å². The van der Waals surface area contributed by atoms with E-state index in [4.69, 9.17) is 15.0 Å². The molecule has 0 aliphatic heterocycles. The zero-order valence-electron chi connectivity index (χ0n) is 34.0. The van der Waals surface area contributed by atoms with E-state index in [1.54, 1.807) is 0 Å². The van der Waals surface area contributed by atoms with E-state index in [9.17, 15) is 0 Å². The SMILES string of the molecule is c1ccc(-n2c3ccccc3c3cc(-c4nc(-c5cccc6c7ccccc7n(-c7ccccc7)c56)nc(-c5cccc6c7ccccc7n(-c7ccccc7)c56)n4)ccc32)cc1. The largest absolute Gasteiger partial charge is 0.309 e.